The number of rotatable bonds is 6. The van der Waals surface area contributed by atoms with Crippen molar-refractivity contribution in [3.63, 3.8) is 0 Å². The highest BCUT2D eigenvalue weighted by atomic mass is 16.5. The van der Waals surface area contributed by atoms with Crippen LogP contribution in [0.5, 0.6) is 11.5 Å². The molecule has 0 fully saturated rings. The Balaban J connectivity index is 1.77. The first-order valence-corrected chi connectivity index (χ1v) is 10.7. The van der Waals surface area contributed by atoms with Crippen LogP contribution >= 0.6 is 0 Å². The van der Waals surface area contributed by atoms with Crippen molar-refractivity contribution in [2.24, 2.45) is 0 Å². The van der Waals surface area contributed by atoms with Gasteiger partial charge in [-0.05, 0) is 66.9 Å². The first-order valence-electron chi connectivity index (χ1n) is 10.7. The Morgan fingerprint density at radius 1 is 1.00 bits per heavy atom. The third-order valence-corrected chi connectivity index (χ3v) is 5.37. The van der Waals surface area contributed by atoms with Crippen LogP contribution in [0, 0.1) is 6.92 Å². The summed E-state index contributed by atoms with van der Waals surface area (Å²) in [5, 5.41) is 0.372. The fraction of sp³-hybridized carbons (Fsp3) is 0.143. The molecule has 0 aliphatic heterocycles. The summed E-state index contributed by atoms with van der Waals surface area (Å²) in [6.07, 6.45) is 3.71. The molecule has 3 aromatic carbocycles. The lowest BCUT2D eigenvalue weighted by Gasteiger charge is -2.11. The molecule has 5 nitrogen and oxygen atoms in total. The van der Waals surface area contributed by atoms with E-state index in [0.717, 1.165) is 23.1 Å². The minimum atomic E-state index is -0.663. The number of fused-ring (bicyclic) bond motifs is 1. The normalized spacial score (nSPS) is 11.1. The van der Waals surface area contributed by atoms with Crippen molar-refractivity contribution in [2.75, 3.05) is 7.11 Å². The average molecular weight is 440 g/mol. The molecule has 0 aliphatic carbocycles. The molecule has 0 spiro atoms. The van der Waals surface area contributed by atoms with Gasteiger partial charge in [-0.25, -0.2) is 4.79 Å². The van der Waals surface area contributed by atoms with Gasteiger partial charge in [-0.3, -0.25) is 4.79 Å². The van der Waals surface area contributed by atoms with E-state index in [2.05, 4.69) is 0 Å². The predicted octanol–water partition coefficient (Wildman–Crippen LogP) is 5.96. The van der Waals surface area contributed by atoms with Crippen molar-refractivity contribution in [2.45, 2.75) is 20.3 Å². The number of ether oxygens (including phenoxy) is 2. The molecular weight excluding hydrogens is 416 g/mol. The average Bonchev–Trinajstić information content (AvgIpc) is 2.85. The Bertz CT molecular complexity index is 1380. The topological polar surface area (TPSA) is 65.7 Å². The van der Waals surface area contributed by atoms with Crippen LogP contribution in [0.3, 0.4) is 0 Å². The van der Waals surface area contributed by atoms with Gasteiger partial charge >= 0.3 is 5.97 Å². The zero-order valence-electron chi connectivity index (χ0n) is 18.8. The molecule has 1 heterocycles. The molecule has 0 saturated heterocycles. The Labute approximate surface area is 191 Å². The highest BCUT2D eigenvalue weighted by Crippen LogP contribution is 2.32. The first-order chi connectivity index (χ1) is 16.0. The molecule has 0 aliphatic rings. The molecule has 0 N–H and O–H groups in total. The van der Waals surface area contributed by atoms with E-state index in [1.807, 2.05) is 44.2 Å². The Morgan fingerprint density at radius 2 is 1.73 bits per heavy atom. The molecule has 0 amide bonds. The maximum atomic E-state index is 13.4. The Hall–Kier alpha value is -4.12. The Morgan fingerprint density at radius 3 is 2.39 bits per heavy atom. The molecule has 0 radical (unpaired) electrons. The van der Waals surface area contributed by atoms with Gasteiger partial charge in [0.25, 0.3) is 0 Å². The maximum Gasteiger partial charge on any atom is 0.336 e. The summed E-state index contributed by atoms with van der Waals surface area (Å²) in [6.45, 7) is 4.00. The van der Waals surface area contributed by atoms with Crippen LogP contribution in [0.25, 0.3) is 28.4 Å². The summed E-state index contributed by atoms with van der Waals surface area (Å²) >= 11 is 0. The smallest absolute Gasteiger partial charge is 0.336 e. The third kappa shape index (κ3) is 4.88. The van der Waals surface area contributed by atoms with E-state index in [0.29, 0.717) is 22.3 Å². The quantitative estimate of drug-likeness (QED) is 0.273. The number of methoxy groups -OCH3 is 1. The number of carbonyl (C=O) groups is 1. The van der Waals surface area contributed by atoms with Crippen LogP contribution in [0.15, 0.2) is 82.0 Å². The van der Waals surface area contributed by atoms with Crippen molar-refractivity contribution >= 4 is 23.0 Å². The second-order valence-electron chi connectivity index (χ2n) is 7.67. The van der Waals surface area contributed by atoms with Crippen molar-refractivity contribution in [3.05, 3.63) is 99.7 Å². The van der Waals surface area contributed by atoms with Gasteiger partial charge in [0.1, 0.15) is 11.3 Å². The summed E-state index contributed by atoms with van der Waals surface area (Å²) in [6, 6.07) is 20.2. The van der Waals surface area contributed by atoms with Crippen LogP contribution in [-0.2, 0) is 11.2 Å². The molecule has 4 rings (SSSR count). The van der Waals surface area contributed by atoms with Gasteiger partial charge in [-0.1, -0.05) is 42.8 Å². The van der Waals surface area contributed by atoms with Crippen molar-refractivity contribution < 1.29 is 18.7 Å². The monoisotopic (exact) mass is 440 g/mol. The Kier molecular flexibility index (Phi) is 6.41. The minimum Gasteiger partial charge on any atom is -0.497 e. The zero-order valence-corrected chi connectivity index (χ0v) is 18.8. The zero-order chi connectivity index (χ0) is 23.4. The van der Waals surface area contributed by atoms with Gasteiger partial charge in [-0.15, -0.1) is 0 Å². The third-order valence-electron chi connectivity index (χ3n) is 5.37. The lowest BCUT2D eigenvalue weighted by atomic mass is 10.1. The van der Waals surface area contributed by atoms with Crippen LogP contribution < -0.4 is 14.9 Å². The van der Waals surface area contributed by atoms with Gasteiger partial charge in [0.2, 0.25) is 11.2 Å². The number of hydrogen-bond acceptors (Lipinski definition) is 5. The van der Waals surface area contributed by atoms with Crippen molar-refractivity contribution in [1.82, 2.24) is 0 Å². The molecular formula is C28H24O5. The number of carbonyl (C=O) groups excluding carboxylic acids is 1. The van der Waals surface area contributed by atoms with Crippen molar-refractivity contribution in [1.29, 1.82) is 0 Å². The van der Waals surface area contributed by atoms with E-state index in [-0.39, 0.29) is 11.5 Å². The fourth-order valence-electron chi connectivity index (χ4n) is 3.45. The highest BCUT2D eigenvalue weighted by Gasteiger charge is 2.20. The molecule has 0 atom stereocenters. The second-order valence-corrected chi connectivity index (χ2v) is 7.67. The number of aryl methyl sites for hydroxylation is 2. The number of hydrogen-bond donors (Lipinski definition) is 0. The van der Waals surface area contributed by atoms with E-state index < -0.39 is 11.4 Å². The van der Waals surface area contributed by atoms with Crippen LogP contribution in [0.4, 0.5) is 0 Å². The molecule has 4 aromatic rings. The molecule has 5 heteroatoms. The molecule has 0 saturated carbocycles. The van der Waals surface area contributed by atoms with Crippen LogP contribution in [-0.4, -0.2) is 13.1 Å². The first kappa shape index (κ1) is 22.1. The summed E-state index contributed by atoms with van der Waals surface area (Å²) in [4.78, 5) is 26.0. The highest BCUT2D eigenvalue weighted by molar-refractivity contribution is 5.91. The summed E-state index contributed by atoms with van der Waals surface area (Å²) in [5.74, 6) is 0.0497. The van der Waals surface area contributed by atoms with E-state index in [1.165, 1.54) is 6.08 Å². The van der Waals surface area contributed by atoms with Crippen LogP contribution in [0.1, 0.15) is 23.6 Å². The predicted molar refractivity (Wildman–Crippen MR) is 130 cm³/mol. The van der Waals surface area contributed by atoms with Gasteiger partial charge in [0.15, 0.2) is 5.76 Å². The van der Waals surface area contributed by atoms with Crippen molar-refractivity contribution in [3.8, 4) is 22.8 Å². The van der Waals surface area contributed by atoms with E-state index >= 15 is 0 Å². The largest absolute Gasteiger partial charge is 0.497 e. The molecule has 33 heavy (non-hydrogen) atoms. The summed E-state index contributed by atoms with van der Waals surface area (Å²) < 4.78 is 16.8. The van der Waals surface area contributed by atoms with Gasteiger partial charge < -0.3 is 13.9 Å². The summed E-state index contributed by atoms with van der Waals surface area (Å²) in [7, 11) is 1.57. The minimum absolute atomic E-state index is 0.139. The fourth-order valence-corrected chi connectivity index (χ4v) is 3.45. The van der Waals surface area contributed by atoms with E-state index in [4.69, 9.17) is 13.9 Å². The lowest BCUT2D eigenvalue weighted by Crippen LogP contribution is -2.14. The van der Waals surface area contributed by atoms with Gasteiger partial charge in [-0.2, -0.15) is 0 Å². The number of benzene rings is 3. The second kappa shape index (κ2) is 9.57. The molecule has 1 aromatic heterocycles. The van der Waals surface area contributed by atoms with Gasteiger partial charge in [0.05, 0.1) is 12.5 Å². The van der Waals surface area contributed by atoms with E-state index in [1.54, 1.807) is 49.6 Å². The maximum absolute atomic E-state index is 13.4. The number of esters is 1. The SMILES string of the molecule is CCc1ccc2oc(-c3ccc(OC)cc3)c(OC(=O)C=Cc3ccc(C)cc3)c(=O)c2c1. The van der Waals surface area contributed by atoms with Gasteiger partial charge in [0, 0.05) is 11.6 Å². The lowest BCUT2D eigenvalue weighted by molar-refractivity contribution is -0.129. The van der Waals surface area contributed by atoms with E-state index in [9.17, 15) is 9.59 Å². The van der Waals surface area contributed by atoms with Crippen LogP contribution in [0.2, 0.25) is 0 Å². The molecule has 0 bridgehead atoms. The molecule has 166 valence electrons. The molecule has 0 unspecified atom stereocenters. The standard InChI is InChI=1S/C28H24O5/c1-4-19-9-15-24-23(17-19)26(30)28(27(32-24)21-11-13-22(31-3)14-12-21)33-25(29)16-10-20-7-5-18(2)6-8-20/h5-17H,4H2,1-3H3. The summed E-state index contributed by atoms with van der Waals surface area (Å²) in [5.41, 5.74) is 3.60.